The Hall–Kier alpha value is -1.44. The molecule has 2 N–H and O–H groups in total. The molecule has 22 heavy (non-hydrogen) atoms. The maximum atomic E-state index is 11.7. The molecule has 0 spiro atoms. The summed E-state index contributed by atoms with van der Waals surface area (Å²) in [4.78, 5) is 22.2. The highest BCUT2D eigenvalue weighted by Gasteiger charge is 2.56. The summed E-state index contributed by atoms with van der Waals surface area (Å²) in [6.07, 6.45) is 2.18. The van der Waals surface area contributed by atoms with Crippen LogP contribution in [0.3, 0.4) is 0 Å². The maximum absolute atomic E-state index is 11.7. The van der Waals surface area contributed by atoms with Gasteiger partial charge in [-0.3, -0.25) is 4.79 Å². The first kappa shape index (κ1) is 15.5. The average Bonchev–Trinajstić information content (AvgIpc) is 2.44. The van der Waals surface area contributed by atoms with Crippen molar-refractivity contribution in [2.75, 3.05) is 5.32 Å². The molecule has 7 nitrogen and oxygen atoms in total. The third kappa shape index (κ3) is 2.15. The van der Waals surface area contributed by atoms with Crippen LogP contribution in [0.2, 0.25) is 0 Å². The molecule has 0 aromatic carbocycles. The number of H-pyrrole nitrogens is 1. The standard InChI is InChI=1S/C14H19BrN4O3/c1-6-8-4-7(14(8,2)3)5-9(6)16-11-10(15)13(20)18-17-12(11)19(21)22/h6-9H,4-5H2,1-3H3,(H2,16,18,20)/t6-,7+,8+,9+/m0/s1. The number of aromatic amines is 1. The Kier molecular flexibility index (Phi) is 3.54. The van der Waals surface area contributed by atoms with Crippen molar-refractivity contribution >= 4 is 27.4 Å². The van der Waals surface area contributed by atoms with E-state index < -0.39 is 10.5 Å². The van der Waals surface area contributed by atoms with Gasteiger partial charge < -0.3 is 15.4 Å². The van der Waals surface area contributed by atoms with E-state index in [-0.39, 0.29) is 22.0 Å². The highest BCUT2D eigenvalue weighted by atomic mass is 79.9. The molecule has 0 radical (unpaired) electrons. The van der Waals surface area contributed by atoms with Gasteiger partial charge in [0.15, 0.2) is 5.69 Å². The molecule has 1 aromatic rings. The van der Waals surface area contributed by atoms with Gasteiger partial charge in [-0.1, -0.05) is 20.8 Å². The third-order valence-electron chi connectivity index (χ3n) is 5.76. The van der Waals surface area contributed by atoms with E-state index in [9.17, 15) is 14.9 Å². The summed E-state index contributed by atoms with van der Waals surface area (Å²) in [6, 6.07) is 0.121. The van der Waals surface area contributed by atoms with Gasteiger partial charge in [-0.2, -0.15) is 0 Å². The normalized spacial score (nSPS) is 32.2. The first-order valence-corrected chi connectivity index (χ1v) is 8.22. The zero-order chi connectivity index (χ0) is 16.2. The van der Waals surface area contributed by atoms with Gasteiger partial charge in [0.05, 0.1) is 5.10 Å². The van der Waals surface area contributed by atoms with Crippen molar-refractivity contribution in [1.82, 2.24) is 10.2 Å². The van der Waals surface area contributed by atoms with Gasteiger partial charge >= 0.3 is 5.82 Å². The molecule has 0 unspecified atom stereocenters. The van der Waals surface area contributed by atoms with Crippen molar-refractivity contribution in [2.24, 2.45) is 23.2 Å². The zero-order valence-electron chi connectivity index (χ0n) is 12.7. The molecular weight excluding hydrogens is 352 g/mol. The smallest absolute Gasteiger partial charge is 0.374 e. The molecule has 3 aliphatic rings. The van der Waals surface area contributed by atoms with Crippen LogP contribution in [0, 0.1) is 33.3 Å². The second-order valence-electron chi connectivity index (χ2n) is 7.03. The fraction of sp³-hybridized carbons (Fsp3) is 0.714. The van der Waals surface area contributed by atoms with Crippen LogP contribution in [0.25, 0.3) is 0 Å². The molecule has 3 saturated carbocycles. The minimum Gasteiger partial charge on any atom is -0.374 e. The molecule has 0 amide bonds. The maximum Gasteiger partial charge on any atom is 0.412 e. The Balaban J connectivity index is 1.90. The minimum atomic E-state index is -0.582. The van der Waals surface area contributed by atoms with Crippen LogP contribution in [0.15, 0.2) is 9.27 Å². The van der Waals surface area contributed by atoms with E-state index in [0.717, 1.165) is 6.42 Å². The minimum absolute atomic E-state index is 0.121. The van der Waals surface area contributed by atoms with E-state index >= 15 is 0 Å². The second-order valence-corrected chi connectivity index (χ2v) is 7.82. The number of rotatable bonds is 3. The predicted octanol–water partition coefficient (Wildman–Crippen LogP) is 2.92. The highest BCUT2D eigenvalue weighted by molar-refractivity contribution is 9.10. The van der Waals surface area contributed by atoms with E-state index in [1.54, 1.807) is 0 Å². The molecule has 2 bridgehead atoms. The van der Waals surface area contributed by atoms with Crippen LogP contribution < -0.4 is 10.9 Å². The van der Waals surface area contributed by atoms with Gasteiger partial charge in [-0.05, 0) is 56.9 Å². The lowest BCUT2D eigenvalue weighted by Gasteiger charge is -2.62. The Morgan fingerprint density at radius 1 is 1.45 bits per heavy atom. The van der Waals surface area contributed by atoms with E-state index in [0.29, 0.717) is 23.2 Å². The summed E-state index contributed by atoms with van der Waals surface area (Å²) in [5.41, 5.74) is 0.0550. The van der Waals surface area contributed by atoms with Crippen LogP contribution in [0.4, 0.5) is 11.5 Å². The van der Waals surface area contributed by atoms with Crippen LogP contribution in [0.1, 0.15) is 33.6 Å². The first-order valence-electron chi connectivity index (χ1n) is 7.42. The van der Waals surface area contributed by atoms with E-state index in [2.05, 4.69) is 52.2 Å². The number of nitrogens with one attached hydrogen (secondary N) is 2. The summed E-state index contributed by atoms with van der Waals surface area (Å²) in [5, 5.41) is 20.1. The molecular formula is C14H19BrN4O3. The number of aromatic nitrogens is 2. The van der Waals surface area contributed by atoms with Crippen molar-refractivity contribution in [3.63, 3.8) is 0 Å². The predicted molar refractivity (Wildman–Crippen MR) is 85.8 cm³/mol. The molecule has 0 saturated heterocycles. The van der Waals surface area contributed by atoms with Gasteiger partial charge in [0.25, 0.3) is 5.56 Å². The fourth-order valence-corrected chi connectivity index (χ4v) is 4.59. The number of anilines is 1. The Bertz CT molecular complexity index is 687. The van der Waals surface area contributed by atoms with Crippen LogP contribution in [-0.2, 0) is 0 Å². The lowest BCUT2D eigenvalue weighted by Crippen LogP contribution is -2.58. The van der Waals surface area contributed by atoms with Gasteiger partial charge in [0.1, 0.15) is 4.47 Å². The Morgan fingerprint density at radius 3 is 2.68 bits per heavy atom. The molecule has 8 heteroatoms. The number of hydrogen-bond acceptors (Lipinski definition) is 5. The van der Waals surface area contributed by atoms with Gasteiger partial charge in [0.2, 0.25) is 0 Å². The van der Waals surface area contributed by atoms with Gasteiger partial charge in [-0.15, -0.1) is 5.10 Å². The molecule has 0 aliphatic heterocycles. The number of nitro groups is 1. The molecule has 1 heterocycles. The average molecular weight is 371 g/mol. The number of halogens is 1. The summed E-state index contributed by atoms with van der Waals surface area (Å²) >= 11 is 3.14. The Labute approximate surface area is 136 Å². The summed E-state index contributed by atoms with van der Waals surface area (Å²) in [7, 11) is 0. The van der Waals surface area contributed by atoms with Gasteiger partial charge in [0, 0.05) is 6.04 Å². The van der Waals surface area contributed by atoms with E-state index in [1.165, 1.54) is 6.42 Å². The monoisotopic (exact) mass is 370 g/mol. The van der Waals surface area contributed by atoms with Crippen LogP contribution in [-0.4, -0.2) is 21.2 Å². The summed E-state index contributed by atoms with van der Waals surface area (Å²) < 4.78 is 0.139. The number of fused-ring (bicyclic) bond motifs is 2. The van der Waals surface area contributed by atoms with E-state index in [1.807, 2.05) is 0 Å². The van der Waals surface area contributed by atoms with Crippen molar-refractivity contribution in [1.29, 1.82) is 0 Å². The summed E-state index contributed by atoms with van der Waals surface area (Å²) in [5.74, 6) is 1.28. The zero-order valence-corrected chi connectivity index (χ0v) is 14.3. The van der Waals surface area contributed by atoms with Crippen molar-refractivity contribution < 1.29 is 4.92 Å². The number of nitrogens with zero attached hydrogens (tertiary/aromatic N) is 2. The quantitative estimate of drug-likeness (QED) is 0.629. The molecule has 3 fully saturated rings. The molecule has 4 rings (SSSR count). The summed E-state index contributed by atoms with van der Waals surface area (Å²) in [6.45, 7) is 6.78. The highest BCUT2D eigenvalue weighted by Crippen LogP contribution is 2.61. The molecule has 120 valence electrons. The SMILES string of the molecule is C[C@H]1[C@H]2C[C@H](C[C@H]1Nc1c([N+](=O)[O-])n[nH]c(=O)c1Br)C2(C)C. The lowest BCUT2D eigenvalue weighted by molar-refractivity contribution is -0.389. The van der Waals surface area contributed by atoms with Gasteiger partial charge in [-0.25, -0.2) is 0 Å². The largest absolute Gasteiger partial charge is 0.412 e. The molecule has 4 atom stereocenters. The number of hydrogen-bond donors (Lipinski definition) is 2. The topological polar surface area (TPSA) is 101 Å². The van der Waals surface area contributed by atoms with Crippen molar-refractivity contribution in [2.45, 2.75) is 39.7 Å². The van der Waals surface area contributed by atoms with Crippen LogP contribution >= 0.6 is 15.9 Å². The third-order valence-corrected chi connectivity index (χ3v) is 6.52. The van der Waals surface area contributed by atoms with Crippen molar-refractivity contribution in [3.05, 3.63) is 24.9 Å². The first-order chi connectivity index (χ1) is 10.2. The van der Waals surface area contributed by atoms with Crippen molar-refractivity contribution in [3.8, 4) is 0 Å². The Morgan fingerprint density at radius 2 is 2.14 bits per heavy atom. The second kappa shape index (κ2) is 5.04. The lowest BCUT2D eigenvalue weighted by atomic mass is 9.45. The van der Waals surface area contributed by atoms with E-state index in [4.69, 9.17) is 0 Å². The van der Waals surface area contributed by atoms with Crippen LogP contribution in [0.5, 0.6) is 0 Å². The molecule has 1 aromatic heterocycles. The molecule has 3 aliphatic carbocycles. The fourth-order valence-electron chi connectivity index (χ4n) is 4.21.